The third-order valence-electron chi connectivity index (χ3n) is 5.09. The molecule has 27 heavy (non-hydrogen) atoms. The van der Waals surface area contributed by atoms with Gasteiger partial charge in [-0.2, -0.15) is 0 Å². The summed E-state index contributed by atoms with van der Waals surface area (Å²) in [4.78, 5) is 23.6. The number of amides is 3. The van der Waals surface area contributed by atoms with Crippen LogP contribution in [-0.2, 0) is 11.2 Å². The summed E-state index contributed by atoms with van der Waals surface area (Å²) < 4.78 is 10.9. The smallest absolute Gasteiger partial charge is 0.315 e. The van der Waals surface area contributed by atoms with E-state index in [9.17, 15) is 9.59 Å². The largest absolute Gasteiger partial charge is 0.454 e. The summed E-state index contributed by atoms with van der Waals surface area (Å²) in [6.07, 6.45) is 6.10. The molecule has 2 aliphatic rings. The number of nitrogens with one attached hydrogen (secondary N) is 3. The number of carbonyl (C=O) groups is 2. The van der Waals surface area contributed by atoms with Crippen LogP contribution in [0.25, 0.3) is 0 Å². The molecule has 1 saturated heterocycles. The fraction of sp³-hybridized carbons (Fsp3) is 0.600. The summed E-state index contributed by atoms with van der Waals surface area (Å²) in [6, 6.07) is 4.11. The van der Waals surface area contributed by atoms with Crippen LogP contribution >= 0.6 is 0 Å². The summed E-state index contributed by atoms with van der Waals surface area (Å²) in [5.41, 5.74) is 1.90. The number of anilines is 1. The molecule has 3 N–H and O–H groups in total. The van der Waals surface area contributed by atoms with Crippen LogP contribution in [0.3, 0.4) is 0 Å². The van der Waals surface area contributed by atoms with E-state index in [4.69, 9.17) is 9.47 Å². The number of unbranched alkanes of at least 4 members (excludes halogenated alkanes) is 2. The average molecular weight is 375 g/mol. The number of hydrogen-bond donors (Lipinski definition) is 3. The number of ether oxygens (including phenoxy) is 2. The highest BCUT2D eigenvalue weighted by Crippen LogP contribution is 2.37. The highest BCUT2D eigenvalue weighted by molar-refractivity contribution is 5.92. The molecule has 0 aliphatic carbocycles. The molecule has 0 aromatic heterocycles. The van der Waals surface area contributed by atoms with Gasteiger partial charge < -0.3 is 25.4 Å². The van der Waals surface area contributed by atoms with E-state index in [0.29, 0.717) is 12.2 Å². The predicted molar refractivity (Wildman–Crippen MR) is 103 cm³/mol. The first-order chi connectivity index (χ1) is 13.1. The van der Waals surface area contributed by atoms with E-state index >= 15 is 0 Å². The topological polar surface area (TPSA) is 88.7 Å². The van der Waals surface area contributed by atoms with Crippen molar-refractivity contribution in [1.29, 1.82) is 0 Å². The van der Waals surface area contributed by atoms with Crippen LogP contribution in [0, 0.1) is 0 Å². The zero-order valence-electron chi connectivity index (χ0n) is 16.1. The highest BCUT2D eigenvalue weighted by Gasteiger charge is 2.26. The number of carbonyl (C=O) groups excluding carboxylic acids is 2. The van der Waals surface area contributed by atoms with Crippen molar-refractivity contribution in [1.82, 2.24) is 10.6 Å². The molecule has 2 aliphatic heterocycles. The molecule has 0 spiro atoms. The van der Waals surface area contributed by atoms with Crippen molar-refractivity contribution in [2.75, 3.05) is 12.1 Å². The fourth-order valence-corrected chi connectivity index (χ4v) is 3.58. The van der Waals surface area contributed by atoms with Gasteiger partial charge in [0, 0.05) is 24.2 Å². The van der Waals surface area contributed by atoms with E-state index in [1.54, 1.807) is 0 Å². The molecule has 7 heteroatoms. The van der Waals surface area contributed by atoms with Crippen molar-refractivity contribution in [3.8, 4) is 11.5 Å². The molecule has 0 radical (unpaired) electrons. The van der Waals surface area contributed by atoms with Crippen LogP contribution in [0.2, 0.25) is 0 Å². The quantitative estimate of drug-likeness (QED) is 0.578. The molecule has 1 aromatic rings. The van der Waals surface area contributed by atoms with Crippen LogP contribution in [0.15, 0.2) is 12.1 Å². The first-order valence-electron chi connectivity index (χ1n) is 9.86. The highest BCUT2D eigenvalue weighted by atomic mass is 16.7. The lowest BCUT2D eigenvalue weighted by Gasteiger charge is -2.14. The van der Waals surface area contributed by atoms with Gasteiger partial charge in [-0.15, -0.1) is 0 Å². The van der Waals surface area contributed by atoms with Crippen LogP contribution in [-0.4, -0.2) is 30.8 Å². The van der Waals surface area contributed by atoms with Crippen molar-refractivity contribution in [2.45, 2.75) is 70.9 Å². The summed E-state index contributed by atoms with van der Waals surface area (Å²) in [5, 5.41) is 8.80. The van der Waals surface area contributed by atoms with Gasteiger partial charge >= 0.3 is 6.03 Å². The second kappa shape index (κ2) is 8.97. The predicted octanol–water partition coefficient (Wildman–Crippen LogP) is 3.33. The molecule has 148 valence electrons. The molecule has 3 rings (SSSR count). The molecule has 1 aromatic carbocycles. The van der Waals surface area contributed by atoms with Crippen LogP contribution in [0.4, 0.5) is 10.5 Å². The Hall–Kier alpha value is -2.44. The second-order valence-corrected chi connectivity index (χ2v) is 7.27. The Morgan fingerprint density at radius 3 is 2.67 bits per heavy atom. The Labute approximate surface area is 160 Å². The Kier molecular flexibility index (Phi) is 6.42. The molecule has 2 heterocycles. The van der Waals surface area contributed by atoms with Crippen molar-refractivity contribution in [3.63, 3.8) is 0 Å². The van der Waals surface area contributed by atoms with Gasteiger partial charge in [0.15, 0.2) is 11.5 Å². The van der Waals surface area contributed by atoms with E-state index < -0.39 is 0 Å². The third kappa shape index (κ3) is 5.05. The first-order valence-corrected chi connectivity index (χ1v) is 9.86. The molecular weight excluding hydrogens is 346 g/mol. The number of rotatable bonds is 9. The van der Waals surface area contributed by atoms with Gasteiger partial charge in [0.25, 0.3) is 0 Å². The van der Waals surface area contributed by atoms with Gasteiger partial charge in [-0.1, -0.05) is 26.2 Å². The Morgan fingerprint density at radius 2 is 1.96 bits per heavy atom. The van der Waals surface area contributed by atoms with Gasteiger partial charge in [-0.05, 0) is 37.8 Å². The molecule has 3 amide bonds. The Morgan fingerprint density at radius 1 is 1.19 bits per heavy atom. The molecule has 0 unspecified atom stereocenters. The lowest BCUT2D eigenvalue weighted by molar-refractivity contribution is -0.116. The zero-order chi connectivity index (χ0) is 19.2. The second-order valence-electron chi connectivity index (χ2n) is 7.27. The number of fused-ring (bicyclic) bond motifs is 1. The number of urea groups is 1. The summed E-state index contributed by atoms with van der Waals surface area (Å²) in [5.74, 6) is 1.46. The van der Waals surface area contributed by atoms with Crippen LogP contribution < -0.4 is 25.4 Å². The minimum Gasteiger partial charge on any atom is -0.454 e. The molecule has 1 fully saturated rings. The van der Waals surface area contributed by atoms with Crippen molar-refractivity contribution >= 4 is 17.6 Å². The standard InChI is InChI=1S/C20H29N3O4/c1-3-7-14-10-17-18(27-12-26-17)11-16(14)22-19(24)9-6-4-5-8-15-13(2)21-20(25)23-15/h10-11,13,15H,3-9,12H2,1-2H3,(H,22,24)(H2,21,23,25)/t13-,15+/m1/s1. The number of hydrogen-bond acceptors (Lipinski definition) is 4. The Balaban J connectivity index is 1.42. The maximum absolute atomic E-state index is 12.3. The third-order valence-corrected chi connectivity index (χ3v) is 5.09. The van der Waals surface area contributed by atoms with Gasteiger partial charge in [-0.25, -0.2) is 4.79 Å². The van der Waals surface area contributed by atoms with Crippen molar-refractivity contribution in [3.05, 3.63) is 17.7 Å². The van der Waals surface area contributed by atoms with Crippen molar-refractivity contribution < 1.29 is 19.1 Å². The van der Waals surface area contributed by atoms with E-state index in [2.05, 4.69) is 22.9 Å². The van der Waals surface area contributed by atoms with Gasteiger partial charge in [0.2, 0.25) is 12.7 Å². The SMILES string of the molecule is CCCc1cc2c(cc1NC(=O)CCCCC[C@@H]1NC(=O)N[C@@H]1C)OCO2. The first kappa shape index (κ1) is 19.3. The monoisotopic (exact) mass is 375 g/mol. The molecule has 2 atom stereocenters. The molecule has 0 bridgehead atoms. The van der Waals surface area contributed by atoms with E-state index in [-0.39, 0.29) is 30.8 Å². The molecular formula is C20H29N3O4. The summed E-state index contributed by atoms with van der Waals surface area (Å²) in [7, 11) is 0. The van der Waals surface area contributed by atoms with Crippen LogP contribution in [0.1, 0.15) is 57.9 Å². The average Bonchev–Trinajstić information content (AvgIpc) is 3.20. The van der Waals surface area contributed by atoms with E-state index in [0.717, 1.165) is 55.5 Å². The van der Waals surface area contributed by atoms with Gasteiger partial charge in [0.05, 0.1) is 6.04 Å². The minimum absolute atomic E-state index is 0.0235. The maximum atomic E-state index is 12.3. The number of aryl methyl sites for hydroxylation is 1. The Bertz CT molecular complexity index is 692. The van der Waals surface area contributed by atoms with E-state index in [1.807, 2.05) is 19.1 Å². The summed E-state index contributed by atoms with van der Waals surface area (Å²) >= 11 is 0. The van der Waals surface area contributed by atoms with Gasteiger partial charge in [0.1, 0.15) is 0 Å². The van der Waals surface area contributed by atoms with E-state index in [1.165, 1.54) is 0 Å². The normalized spacial score (nSPS) is 20.3. The maximum Gasteiger partial charge on any atom is 0.315 e. The minimum atomic E-state index is -0.0847. The van der Waals surface area contributed by atoms with Crippen molar-refractivity contribution in [2.24, 2.45) is 0 Å². The van der Waals surface area contributed by atoms with Gasteiger partial charge in [-0.3, -0.25) is 4.79 Å². The summed E-state index contributed by atoms with van der Waals surface area (Å²) in [6.45, 7) is 4.35. The lowest BCUT2D eigenvalue weighted by Crippen LogP contribution is -2.30. The lowest BCUT2D eigenvalue weighted by atomic mass is 10.0. The zero-order valence-corrected chi connectivity index (χ0v) is 16.1. The van der Waals surface area contributed by atoms with Crippen LogP contribution in [0.5, 0.6) is 11.5 Å². The fourth-order valence-electron chi connectivity index (χ4n) is 3.58. The molecule has 7 nitrogen and oxygen atoms in total. The molecule has 0 saturated carbocycles. The number of benzene rings is 1.